The highest BCUT2D eigenvalue weighted by molar-refractivity contribution is 9.10. The molecule has 0 unspecified atom stereocenters. The third kappa shape index (κ3) is 3.45. The van der Waals surface area contributed by atoms with Gasteiger partial charge in [0.1, 0.15) is 5.56 Å². The zero-order chi connectivity index (χ0) is 20.6. The number of halogens is 1. The van der Waals surface area contributed by atoms with Crippen molar-refractivity contribution in [1.29, 1.82) is 0 Å². The molecule has 0 atom stereocenters. The molecule has 3 aromatic rings. The largest absolute Gasteiger partial charge is 0.330 e. The molecular formula is C21H20BrN3O3. The molecular weight excluding hydrogens is 422 g/mol. The van der Waals surface area contributed by atoms with Crippen LogP contribution in [0.5, 0.6) is 0 Å². The zero-order valence-electron chi connectivity index (χ0n) is 16.0. The first-order valence-corrected chi connectivity index (χ1v) is 9.44. The van der Waals surface area contributed by atoms with Crippen LogP contribution in [0.3, 0.4) is 0 Å². The Kier molecular flexibility index (Phi) is 5.38. The Bertz CT molecular complexity index is 1210. The van der Waals surface area contributed by atoms with Crippen molar-refractivity contribution in [3.05, 3.63) is 84.6 Å². The fraction of sp³-hybridized carbons (Fsp3) is 0.190. The predicted molar refractivity (Wildman–Crippen MR) is 114 cm³/mol. The normalized spacial score (nSPS) is 10.8. The van der Waals surface area contributed by atoms with Gasteiger partial charge < -0.3 is 9.88 Å². The monoisotopic (exact) mass is 441 g/mol. The van der Waals surface area contributed by atoms with Gasteiger partial charge in [0, 0.05) is 30.5 Å². The van der Waals surface area contributed by atoms with E-state index in [1.54, 1.807) is 6.07 Å². The summed E-state index contributed by atoms with van der Waals surface area (Å²) in [6, 6.07) is 11.6. The molecule has 3 rings (SSSR count). The Morgan fingerprint density at radius 1 is 0.964 bits per heavy atom. The lowest BCUT2D eigenvalue weighted by Crippen LogP contribution is -2.40. The topological polar surface area (TPSA) is 73.1 Å². The SMILES string of the molecule is Cc1c(Br)cccc1-c1cccc(NC(=O)c2cn(C)c(=O)n(C)c2=O)c1C. The molecule has 0 aliphatic carbocycles. The second kappa shape index (κ2) is 7.59. The molecule has 0 bridgehead atoms. The smallest absolute Gasteiger partial charge is 0.322 e. The average molecular weight is 442 g/mol. The standard InChI is InChI=1S/C21H20BrN3O3/c1-12-14(7-5-9-17(12)22)15-8-6-10-18(13(15)2)23-19(26)16-11-24(3)21(28)25(4)20(16)27/h5-11H,1-4H3,(H,23,26). The van der Waals surface area contributed by atoms with Crippen LogP contribution < -0.4 is 16.6 Å². The molecule has 0 spiro atoms. The third-order valence-electron chi connectivity index (χ3n) is 4.83. The molecule has 0 aliphatic rings. The summed E-state index contributed by atoms with van der Waals surface area (Å²) in [4.78, 5) is 36.9. The van der Waals surface area contributed by atoms with E-state index >= 15 is 0 Å². The molecule has 0 saturated heterocycles. The van der Waals surface area contributed by atoms with Crippen LogP contribution in [0.15, 0.2) is 56.7 Å². The number of aryl methyl sites for hydroxylation is 1. The number of carbonyl (C=O) groups excluding carboxylic acids is 1. The van der Waals surface area contributed by atoms with Crippen LogP contribution in [0.1, 0.15) is 21.5 Å². The zero-order valence-corrected chi connectivity index (χ0v) is 17.6. The molecule has 144 valence electrons. The first-order valence-electron chi connectivity index (χ1n) is 8.65. The molecule has 28 heavy (non-hydrogen) atoms. The van der Waals surface area contributed by atoms with E-state index in [9.17, 15) is 14.4 Å². The average Bonchev–Trinajstić information content (AvgIpc) is 2.67. The van der Waals surface area contributed by atoms with Crippen molar-refractivity contribution in [2.45, 2.75) is 13.8 Å². The molecule has 6 nitrogen and oxygen atoms in total. The summed E-state index contributed by atoms with van der Waals surface area (Å²) in [5.41, 5.74) is 3.44. The van der Waals surface area contributed by atoms with Gasteiger partial charge in [-0.05, 0) is 48.2 Å². The van der Waals surface area contributed by atoms with Crippen LogP contribution in [-0.2, 0) is 14.1 Å². The molecule has 1 amide bonds. The van der Waals surface area contributed by atoms with Gasteiger partial charge >= 0.3 is 5.69 Å². The Morgan fingerprint density at radius 3 is 2.25 bits per heavy atom. The van der Waals surface area contributed by atoms with E-state index in [0.29, 0.717) is 5.69 Å². The Labute approximate surface area is 170 Å². The van der Waals surface area contributed by atoms with Gasteiger partial charge in [-0.2, -0.15) is 0 Å². The molecule has 1 aromatic heterocycles. The summed E-state index contributed by atoms with van der Waals surface area (Å²) in [6.45, 7) is 3.95. The minimum absolute atomic E-state index is 0.0898. The van der Waals surface area contributed by atoms with Gasteiger partial charge in [0.25, 0.3) is 11.5 Å². The van der Waals surface area contributed by atoms with E-state index in [1.807, 2.05) is 44.2 Å². The van der Waals surface area contributed by atoms with Crippen molar-refractivity contribution in [2.75, 3.05) is 5.32 Å². The Hall–Kier alpha value is -2.93. The predicted octanol–water partition coefficient (Wildman–Crippen LogP) is 3.38. The van der Waals surface area contributed by atoms with Gasteiger partial charge in [-0.25, -0.2) is 4.79 Å². The van der Waals surface area contributed by atoms with E-state index in [4.69, 9.17) is 0 Å². The first kappa shape index (κ1) is 19.8. The van der Waals surface area contributed by atoms with E-state index in [0.717, 1.165) is 31.3 Å². The quantitative estimate of drug-likeness (QED) is 0.676. The number of benzene rings is 2. The fourth-order valence-corrected chi connectivity index (χ4v) is 3.48. The lowest BCUT2D eigenvalue weighted by molar-refractivity contribution is 0.102. The second-order valence-corrected chi connectivity index (χ2v) is 7.50. The van der Waals surface area contributed by atoms with Crippen molar-refractivity contribution < 1.29 is 4.79 Å². The highest BCUT2D eigenvalue weighted by Gasteiger charge is 2.17. The molecule has 0 radical (unpaired) electrons. The van der Waals surface area contributed by atoms with Crippen LogP contribution in [0, 0.1) is 13.8 Å². The summed E-state index contributed by atoms with van der Waals surface area (Å²) in [5, 5.41) is 2.81. The first-order chi connectivity index (χ1) is 13.2. The minimum atomic E-state index is -0.628. The van der Waals surface area contributed by atoms with Gasteiger partial charge in [-0.3, -0.25) is 14.2 Å². The number of hydrogen-bond donors (Lipinski definition) is 1. The van der Waals surface area contributed by atoms with Gasteiger partial charge in [0.05, 0.1) is 0 Å². The minimum Gasteiger partial charge on any atom is -0.322 e. The van der Waals surface area contributed by atoms with Crippen molar-refractivity contribution >= 4 is 27.5 Å². The summed E-state index contributed by atoms with van der Waals surface area (Å²) in [5.74, 6) is -0.553. The van der Waals surface area contributed by atoms with Crippen molar-refractivity contribution in [3.63, 3.8) is 0 Å². The highest BCUT2D eigenvalue weighted by Crippen LogP contribution is 2.33. The van der Waals surface area contributed by atoms with Crippen molar-refractivity contribution in [2.24, 2.45) is 14.1 Å². The molecule has 7 heteroatoms. The maximum absolute atomic E-state index is 12.7. The summed E-state index contributed by atoms with van der Waals surface area (Å²) in [7, 11) is 2.85. The van der Waals surface area contributed by atoms with Crippen molar-refractivity contribution in [3.8, 4) is 11.1 Å². The summed E-state index contributed by atoms with van der Waals surface area (Å²) >= 11 is 3.55. The summed E-state index contributed by atoms with van der Waals surface area (Å²) in [6.07, 6.45) is 1.26. The molecule has 0 saturated carbocycles. The van der Waals surface area contributed by atoms with E-state index in [-0.39, 0.29) is 5.56 Å². The number of rotatable bonds is 3. The number of hydrogen-bond acceptors (Lipinski definition) is 3. The number of aromatic nitrogens is 2. The number of carbonyl (C=O) groups is 1. The Balaban J connectivity index is 2.03. The van der Waals surface area contributed by atoms with Gasteiger partial charge in [0.2, 0.25) is 0 Å². The van der Waals surface area contributed by atoms with Crippen molar-refractivity contribution in [1.82, 2.24) is 9.13 Å². The fourth-order valence-electron chi connectivity index (χ4n) is 3.12. The number of nitrogens with zero attached hydrogens (tertiary/aromatic N) is 2. The van der Waals surface area contributed by atoms with Gasteiger partial charge in [-0.15, -0.1) is 0 Å². The molecule has 0 fully saturated rings. The lowest BCUT2D eigenvalue weighted by Gasteiger charge is -2.15. The van der Waals surface area contributed by atoms with Crippen LogP contribution in [0.25, 0.3) is 11.1 Å². The van der Waals surface area contributed by atoms with Crippen LogP contribution >= 0.6 is 15.9 Å². The lowest BCUT2D eigenvalue weighted by atomic mass is 9.95. The van der Waals surface area contributed by atoms with E-state index in [2.05, 4.69) is 21.2 Å². The van der Waals surface area contributed by atoms with Crippen LogP contribution in [0.4, 0.5) is 5.69 Å². The number of nitrogens with one attached hydrogen (secondary N) is 1. The van der Waals surface area contributed by atoms with Crippen LogP contribution in [0.2, 0.25) is 0 Å². The number of amides is 1. The molecule has 0 aliphatic heterocycles. The third-order valence-corrected chi connectivity index (χ3v) is 5.69. The summed E-state index contributed by atoms with van der Waals surface area (Å²) < 4.78 is 3.14. The van der Waals surface area contributed by atoms with E-state index < -0.39 is 17.2 Å². The van der Waals surface area contributed by atoms with Gasteiger partial charge in [0.15, 0.2) is 0 Å². The van der Waals surface area contributed by atoms with Crippen LogP contribution in [-0.4, -0.2) is 15.0 Å². The maximum Gasteiger partial charge on any atom is 0.330 e. The Morgan fingerprint density at radius 2 is 1.57 bits per heavy atom. The molecule has 2 aromatic carbocycles. The van der Waals surface area contributed by atoms with E-state index in [1.165, 1.54) is 24.9 Å². The maximum atomic E-state index is 12.7. The van der Waals surface area contributed by atoms with Gasteiger partial charge in [-0.1, -0.05) is 40.2 Å². The number of anilines is 1. The second-order valence-electron chi connectivity index (χ2n) is 6.65. The molecule has 1 heterocycles. The highest BCUT2D eigenvalue weighted by atomic mass is 79.9. The molecule has 1 N–H and O–H groups in total.